The molecule has 4 rings (SSSR count). The second kappa shape index (κ2) is 8.47. The molecule has 1 unspecified atom stereocenters. The number of amides is 1. The quantitative estimate of drug-likeness (QED) is 0.574. The Morgan fingerprint density at radius 1 is 1.30 bits per heavy atom. The van der Waals surface area contributed by atoms with E-state index in [4.69, 9.17) is 4.52 Å². The number of thiophene rings is 1. The molecule has 0 radical (unpaired) electrons. The molecule has 158 valence electrons. The summed E-state index contributed by atoms with van der Waals surface area (Å²) in [4.78, 5) is 18.9. The Bertz CT molecular complexity index is 1000. The number of carbonyl (C=O) groups excluding carboxylic acids is 1. The van der Waals surface area contributed by atoms with Crippen molar-refractivity contribution < 1.29 is 27.2 Å². The van der Waals surface area contributed by atoms with Crippen LogP contribution < -0.4 is 4.74 Å². The van der Waals surface area contributed by atoms with Crippen LogP contribution in [0.5, 0.6) is 5.75 Å². The van der Waals surface area contributed by atoms with Crippen LogP contribution in [0.15, 0.2) is 45.6 Å². The van der Waals surface area contributed by atoms with Crippen LogP contribution in [0.4, 0.5) is 13.2 Å². The fraction of sp³-hybridized carbons (Fsp3) is 0.350. The van der Waals surface area contributed by atoms with Crippen molar-refractivity contribution in [3.8, 4) is 17.1 Å². The van der Waals surface area contributed by atoms with E-state index in [-0.39, 0.29) is 11.5 Å². The average Bonchev–Trinajstić information content (AvgIpc) is 3.39. The van der Waals surface area contributed by atoms with Gasteiger partial charge in [0.05, 0.1) is 5.56 Å². The third kappa shape index (κ3) is 4.81. The van der Waals surface area contributed by atoms with Crippen molar-refractivity contribution in [1.29, 1.82) is 0 Å². The highest BCUT2D eigenvalue weighted by atomic mass is 32.1. The highest BCUT2D eigenvalue weighted by Gasteiger charge is 2.34. The minimum absolute atomic E-state index is 0.0779. The SMILES string of the molecule is O=C(c1ccccc1OC(F)(F)F)N1CCCC(Cc2nc(-c3ccsc3)no2)C1. The lowest BCUT2D eigenvalue weighted by atomic mass is 9.94. The van der Waals surface area contributed by atoms with Crippen molar-refractivity contribution in [2.75, 3.05) is 13.1 Å². The summed E-state index contributed by atoms with van der Waals surface area (Å²) in [6, 6.07) is 7.31. The average molecular weight is 437 g/mol. The van der Waals surface area contributed by atoms with E-state index in [0.29, 0.717) is 31.2 Å². The monoisotopic (exact) mass is 437 g/mol. The molecule has 1 aliphatic heterocycles. The molecule has 3 aromatic rings. The molecule has 1 fully saturated rings. The molecule has 0 aliphatic carbocycles. The van der Waals surface area contributed by atoms with Gasteiger partial charge < -0.3 is 14.2 Å². The van der Waals surface area contributed by atoms with Gasteiger partial charge in [-0.15, -0.1) is 13.2 Å². The van der Waals surface area contributed by atoms with Crippen LogP contribution in [0.2, 0.25) is 0 Å². The predicted octanol–water partition coefficient (Wildman–Crippen LogP) is 4.79. The summed E-state index contributed by atoms with van der Waals surface area (Å²) in [5.74, 6) is 0.108. The molecule has 2 aromatic heterocycles. The Balaban J connectivity index is 1.44. The van der Waals surface area contributed by atoms with Gasteiger partial charge >= 0.3 is 6.36 Å². The summed E-state index contributed by atoms with van der Waals surface area (Å²) < 4.78 is 47.4. The molecule has 10 heteroatoms. The van der Waals surface area contributed by atoms with E-state index >= 15 is 0 Å². The Labute approximate surface area is 174 Å². The molecule has 1 aromatic carbocycles. The number of alkyl halides is 3. The molecule has 0 saturated carbocycles. The van der Waals surface area contributed by atoms with Crippen LogP contribution in [0.3, 0.4) is 0 Å². The highest BCUT2D eigenvalue weighted by molar-refractivity contribution is 7.08. The Morgan fingerprint density at radius 2 is 2.13 bits per heavy atom. The zero-order chi connectivity index (χ0) is 21.1. The predicted molar refractivity (Wildman–Crippen MR) is 103 cm³/mol. The molecule has 1 aliphatic rings. The van der Waals surface area contributed by atoms with Crippen LogP contribution in [0.1, 0.15) is 29.1 Å². The van der Waals surface area contributed by atoms with Gasteiger partial charge in [0.2, 0.25) is 11.7 Å². The minimum Gasteiger partial charge on any atom is -0.405 e. The van der Waals surface area contributed by atoms with Gasteiger partial charge in [0.15, 0.2) is 0 Å². The molecule has 0 spiro atoms. The van der Waals surface area contributed by atoms with Crippen molar-refractivity contribution in [3.05, 3.63) is 52.5 Å². The topological polar surface area (TPSA) is 68.5 Å². The number of halogens is 3. The molecule has 0 N–H and O–H groups in total. The number of carbonyl (C=O) groups is 1. The van der Waals surface area contributed by atoms with Crippen LogP contribution in [-0.2, 0) is 6.42 Å². The van der Waals surface area contributed by atoms with E-state index in [1.165, 1.54) is 29.5 Å². The first kappa shape index (κ1) is 20.4. The van der Waals surface area contributed by atoms with E-state index in [1.807, 2.05) is 16.8 Å². The smallest absolute Gasteiger partial charge is 0.405 e. The van der Waals surface area contributed by atoms with E-state index in [0.717, 1.165) is 24.5 Å². The van der Waals surface area contributed by atoms with Crippen molar-refractivity contribution in [2.24, 2.45) is 5.92 Å². The number of aromatic nitrogens is 2. The molecule has 3 heterocycles. The number of para-hydroxylation sites is 1. The molecule has 0 bridgehead atoms. The van der Waals surface area contributed by atoms with Gasteiger partial charge in [-0.1, -0.05) is 17.3 Å². The van der Waals surface area contributed by atoms with Gasteiger partial charge in [-0.05, 0) is 42.3 Å². The van der Waals surface area contributed by atoms with Gasteiger partial charge in [-0.3, -0.25) is 4.79 Å². The van der Waals surface area contributed by atoms with Crippen molar-refractivity contribution in [2.45, 2.75) is 25.6 Å². The summed E-state index contributed by atoms with van der Waals surface area (Å²) in [5, 5.41) is 7.84. The number of likely N-dealkylation sites (tertiary alicyclic amines) is 1. The normalized spacial score (nSPS) is 17.2. The lowest BCUT2D eigenvalue weighted by Gasteiger charge is -2.32. The summed E-state index contributed by atoms with van der Waals surface area (Å²) in [6.45, 7) is 0.870. The van der Waals surface area contributed by atoms with Gasteiger partial charge in [0.25, 0.3) is 5.91 Å². The summed E-state index contributed by atoms with van der Waals surface area (Å²) in [7, 11) is 0. The number of rotatable bonds is 5. The summed E-state index contributed by atoms with van der Waals surface area (Å²) in [5.41, 5.74) is 0.782. The fourth-order valence-corrected chi connectivity index (χ4v) is 4.17. The maximum Gasteiger partial charge on any atom is 0.573 e. The first-order valence-electron chi connectivity index (χ1n) is 9.38. The molecule has 1 amide bonds. The second-order valence-corrected chi connectivity index (χ2v) is 7.81. The van der Waals surface area contributed by atoms with Crippen LogP contribution in [0, 0.1) is 5.92 Å². The second-order valence-electron chi connectivity index (χ2n) is 7.03. The van der Waals surface area contributed by atoms with E-state index in [2.05, 4.69) is 14.9 Å². The van der Waals surface area contributed by atoms with Gasteiger partial charge in [0.1, 0.15) is 5.75 Å². The standard InChI is InChI=1S/C20H18F3N3O3S/c21-20(22,23)28-16-6-2-1-5-15(16)19(27)26-8-3-4-13(11-26)10-17-24-18(25-29-17)14-7-9-30-12-14/h1-2,5-7,9,12-13H,3-4,8,10-11H2. The number of benzene rings is 1. The molecule has 30 heavy (non-hydrogen) atoms. The molecular weight excluding hydrogens is 419 g/mol. The Hall–Kier alpha value is -2.88. The molecule has 6 nitrogen and oxygen atoms in total. The zero-order valence-electron chi connectivity index (χ0n) is 15.8. The first-order chi connectivity index (χ1) is 14.4. The number of hydrogen-bond donors (Lipinski definition) is 0. The van der Waals surface area contributed by atoms with Crippen molar-refractivity contribution in [3.63, 3.8) is 0 Å². The molecule has 1 saturated heterocycles. The number of piperidine rings is 1. The van der Waals surface area contributed by atoms with E-state index in [1.54, 1.807) is 4.90 Å². The van der Waals surface area contributed by atoms with Gasteiger partial charge in [0, 0.05) is 30.5 Å². The fourth-order valence-electron chi connectivity index (χ4n) is 3.54. The lowest BCUT2D eigenvalue weighted by molar-refractivity contribution is -0.274. The van der Waals surface area contributed by atoms with Crippen LogP contribution >= 0.6 is 11.3 Å². The molecule has 1 atom stereocenters. The highest BCUT2D eigenvalue weighted by Crippen LogP contribution is 2.29. The van der Waals surface area contributed by atoms with Crippen molar-refractivity contribution in [1.82, 2.24) is 15.0 Å². The number of ether oxygens (including phenoxy) is 1. The Kier molecular flexibility index (Phi) is 5.76. The van der Waals surface area contributed by atoms with Gasteiger partial charge in [-0.25, -0.2) is 0 Å². The molecular formula is C20H18F3N3O3S. The van der Waals surface area contributed by atoms with Crippen LogP contribution in [-0.4, -0.2) is 40.4 Å². The third-order valence-corrected chi connectivity index (χ3v) is 5.54. The maximum absolute atomic E-state index is 12.9. The van der Waals surface area contributed by atoms with Crippen LogP contribution in [0.25, 0.3) is 11.4 Å². The lowest BCUT2D eigenvalue weighted by Crippen LogP contribution is -2.40. The van der Waals surface area contributed by atoms with Crippen molar-refractivity contribution >= 4 is 17.2 Å². The third-order valence-electron chi connectivity index (χ3n) is 4.86. The number of nitrogens with zero attached hydrogens (tertiary/aromatic N) is 3. The minimum atomic E-state index is -4.86. The first-order valence-corrected chi connectivity index (χ1v) is 10.3. The summed E-state index contributed by atoms with van der Waals surface area (Å²) >= 11 is 1.54. The Morgan fingerprint density at radius 3 is 2.90 bits per heavy atom. The largest absolute Gasteiger partial charge is 0.573 e. The zero-order valence-corrected chi connectivity index (χ0v) is 16.6. The van der Waals surface area contributed by atoms with E-state index < -0.39 is 18.0 Å². The summed E-state index contributed by atoms with van der Waals surface area (Å²) in [6.07, 6.45) is -2.76. The van der Waals surface area contributed by atoms with E-state index in [9.17, 15) is 18.0 Å². The maximum atomic E-state index is 12.9. The number of hydrogen-bond acceptors (Lipinski definition) is 6. The van der Waals surface area contributed by atoms with Gasteiger partial charge in [-0.2, -0.15) is 16.3 Å².